The minimum Gasteiger partial charge on any atom is -0.294 e. The van der Waals surface area contributed by atoms with Crippen molar-refractivity contribution in [2.24, 2.45) is 0 Å². The van der Waals surface area contributed by atoms with Gasteiger partial charge in [-0.25, -0.2) is 0 Å². The Hall–Kier alpha value is -1.18. The molecule has 0 unspecified atom stereocenters. The average Bonchev–Trinajstić information content (AvgIpc) is 2.12. The fourth-order valence-corrected chi connectivity index (χ4v) is 1.70. The first kappa shape index (κ1) is 7.47. The second-order valence-corrected chi connectivity index (χ2v) is 3.16. The zero-order valence-electron chi connectivity index (χ0n) is 6.80. The van der Waals surface area contributed by atoms with Crippen LogP contribution in [0.3, 0.4) is 0 Å². The Morgan fingerprint density at radius 3 is 1.67 bits per heavy atom. The summed E-state index contributed by atoms with van der Waals surface area (Å²) in [5, 5.41) is 0. The first-order valence-electron chi connectivity index (χ1n) is 4.26. The van der Waals surface area contributed by atoms with E-state index in [1.54, 1.807) is 0 Å². The molecule has 12 heavy (non-hydrogen) atoms. The van der Waals surface area contributed by atoms with E-state index in [-0.39, 0.29) is 11.6 Å². The van der Waals surface area contributed by atoms with Crippen molar-refractivity contribution < 1.29 is 9.59 Å². The molecule has 2 aliphatic carbocycles. The van der Waals surface area contributed by atoms with Crippen molar-refractivity contribution in [2.75, 3.05) is 0 Å². The fourth-order valence-electron chi connectivity index (χ4n) is 1.70. The quantitative estimate of drug-likeness (QED) is 0.541. The second kappa shape index (κ2) is 2.70. The standard InChI is InChI=1S/C10H10O2/c11-9-5-6-10(12)8-4-2-1-3-7(8)9/h3-4H,1-2,5-6H2. The number of Topliss-reactive ketones (excluding diaryl/α,β-unsaturated/α-hetero) is 2. The predicted octanol–water partition coefficient (Wildman–Crippen LogP) is 1.56. The minimum absolute atomic E-state index is 0.139. The summed E-state index contributed by atoms with van der Waals surface area (Å²) >= 11 is 0. The van der Waals surface area contributed by atoms with E-state index in [1.807, 2.05) is 12.2 Å². The third-order valence-corrected chi connectivity index (χ3v) is 2.33. The van der Waals surface area contributed by atoms with Gasteiger partial charge in [0.05, 0.1) is 0 Å². The number of carbonyl (C=O) groups is 2. The molecule has 0 aromatic carbocycles. The number of hydrogen-bond acceptors (Lipinski definition) is 2. The van der Waals surface area contributed by atoms with Crippen LogP contribution in [0.4, 0.5) is 0 Å². The zero-order valence-corrected chi connectivity index (χ0v) is 6.80. The van der Waals surface area contributed by atoms with Crippen molar-refractivity contribution in [1.82, 2.24) is 0 Å². The monoisotopic (exact) mass is 162 g/mol. The number of hydrogen-bond donors (Lipinski definition) is 0. The molecule has 0 heterocycles. The highest BCUT2D eigenvalue weighted by molar-refractivity contribution is 6.17. The van der Waals surface area contributed by atoms with Gasteiger partial charge < -0.3 is 0 Å². The Morgan fingerprint density at radius 2 is 1.25 bits per heavy atom. The topological polar surface area (TPSA) is 34.1 Å². The lowest BCUT2D eigenvalue weighted by molar-refractivity contribution is -0.122. The summed E-state index contributed by atoms with van der Waals surface area (Å²) in [5.74, 6) is 0.279. The molecule has 0 aliphatic heterocycles. The van der Waals surface area contributed by atoms with Gasteiger partial charge in [0.2, 0.25) is 0 Å². The first-order valence-corrected chi connectivity index (χ1v) is 4.26. The fraction of sp³-hybridized carbons (Fsp3) is 0.400. The summed E-state index contributed by atoms with van der Waals surface area (Å²) in [7, 11) is 0. The molecule has 0 amide bonds. The summed E-state index contributed by atoms with van der Waals surface area (Å²) in [6, 6.07) is 0. The third-order valence-electron chi connectivity index (χ3n) is 2.33. The predicted molar refractivity (Wildman–Crippen MR) is 44.6 cm³/mol. The highest BCUT2D eigenvalue weighted by Crippen LogP contribution is 2.27. The van der Waals surface area contributed by atoms with Crippen molar-refractivity contribution in [3.05, 3.63) is 23.3 Å². The Balaban J connectivity index is 2.41. The SMILES string of the molecule is O=C1CCC(=O)C2=CCCC=C12. The van der Waals surface area contributed by atoms with Crippen molar-refractivity contribution in [3.63, 3.8) is 0 Å². The van der Waals surface area contributed by atoms with Crippen molar-refractivity contribution in [2.45, 2.75) is 25.7 Å². The van der Waals surface area contributed by atoms with Gasteiger partial charge in [0.15, 0.2) is 11.6 Å². The molecule has 0 saturated heterocycles. The van der Waals surface area contributed by atoms with Crippen LogP contribution < -0.4 is 0 Å². The van der Waals surface area contributed by atoms with E-state index < -0.39 is 0 Å². The van der Waals surface area contributed by atoms with E-state index in [2.05, 4.69) is 0 Å². The van der Waals surface area contributed by atoms with Gasteiger partial charge in [-0.15, -0.1) is 0 Å². The molecule has 0 aromatic rings. The lowest BCUT2D eigenvalue weighted by Crippen LogP contribution is -2.21. The van der Waals surface area contributed by atoms with Crippen LogP contribution in [-0.2, 0) is 9.59 Å². The molecule has 2 nitrogen and oxygen atoms in total. The minimum atomic E-state index is 0.139. The van der Waals surface area contributed by atoms with Crippen molar-refractivity contribution in [1.29, 1.82) is 0 Å². The Labute approximate surface area is 71.0 Å². The largest absolute Gasteiger partial charge is 0.294 e. The normalized spacial score (nSPS) is 23.0. The summed E-state index contributed by atoms with van der Waals surface area (Å²) in [4.78, 5) is 22.6. The van der Waals surface area contributed by atoms with Crippen LogP contribution in [0.2, 0.25) is 0 Å². The van der Waals surface area contributed by atoms with Crippen LogP contribution in [0.1, 0.15) is 25.7 Å². The summed E-state index contributed by atoms with van der Waals surface area (Å²) < 4.78 is 0. The second-order valence-electron chi connectivity index (χ2n) is 3.16. The van der Waals surface area contributed by atoms with E-state index in [0.29, 0.717) is 24.0 Å². The van der Waals surface area contributed by atoms with Crippen molar-refractivity contribution >= 4 is 11.6 Å². The molecule has 2 rings (SSSR count). The maximum Gasteiger partial charge on any atom is 0.163 e. The highest BCUT2D eigenvalue weighted by atomic mass is 16.1. The number of rotatable bonds is 0. The summed E-state index contributed by atoms with van der Waals surface area (Å²) in [6.45, 7) is 0. The first-order chi connectivity index (χ1) is 5.79. The lowest BCUT2D eigenvalue weighted by Gasteiger charge is -2.18. The maximum atomic E-state index is 11.3. The van der Waals surface area contributed by atoms with Crippen LogP contribution in [0.5, 0.6) is 0 Å². The Bertz CT molecular complexity index is 276. The molecule has 0 bridgehead atoms. The molecule has 0 N–H and O–H groups in total. The molecule has 0 atom stereocenters. The molecule has 2 heteroatoms. The molecule has 2 aliphatic rings. The van der Waals surface area contributed by atoms with E-state index in [0.717, 1.165) is 12.8 Å². The van der Waals surface area contributed by atoms with E-state index in [4.69, 9.17) is 0 Å². The van der Waals surface area contributed by atoms with Crippen LogP contribution in [-0.4, -0.2) is 11.6 Å². The summed E-state index contributed by atoms with van der Waals surface area (Å²) in [6.07, 6.45) is 6.41. The summed E-state index contributed by atoms with van der Waals surface area (Å²) in [5.41, 5.74) is 1.36. The van der Waals surface area contributed by atoms with E-state index in [1.165, 1.54) is 0 Å². The highest BCUT2D eigenvalue weighted by Gasteiger charge is 2.27. The van der Waals surface area contributed by atoms with Gasteiger partial charge in [-0.3, -0.25) is 9.59 Å². The van der Waals surface area contributed by atoms with Gasteiger partial charge in [0, 0.05) is 24.0 Å². The van der Waals surface area contributed by atoms with Gasteiger partial charge in [-0.2, -0.15) is 0 Å². The molecule has 0 spiro atoms. The van der Waals surface area contributed by atoms with Crippen molar-refractivity contribution in [3.8, 4) is 0 Å². The number of carbonyl (C=O) groups excluding carboxylic acids is 2. The van der Waals surface area contributed by atoms with E-state index >= 15 is 0 Å². The zero-order chi connectivity index (χ0) is 8.55. The molecule has 62 valence electrons. The maximum absolute atomic E-state index is 11.3. The lowest BCUT2D eigenvalue weighted by atomic mass is 9.83. The van der Waals surface area contributed by atoms with Gasteiger partial charge in [-0.1, -0.05) is 12.2 Å². The third kappa shape index (κ3) is 1.04. The average molecular weight is 162 g/mol. The molecular formula is C10H10O2. The van der Waals surface area contributed by atoms with Crippen LogP contribution >= 0.6 is 0 Å². The Kier molecular flexibility index (Phi) is 1.68. The molecule has 1 saturated carbocycles. The van der Waals surface area contributed by atoms with Crippen LogP contribution in [0, 0.1) is 0 Å². The molecular weight excluding hydrogens is 152 g/mol. The van der Waals surface area contributed by atoms with Gasteiger partial charge in [0.1, 0.15) is 0 Å². The number of allylic oxidation sites excluding steroid dienone is 4. The smallest absolute Gasteiger partial charge is 0.163 e. The molecule has 1 fully saturated rings. The molecule has 0 aromatic heterocycles. The van der Waals surface area contributed by atoms with Gasteiger partial charge in [0.25, 0.3) is 0 Å². The van der Waals surface area contributed by atoms with Gasteiger partial charge >= 0.3 is 0 Å². The Morgan fingerprint density at radius 1 is 0.833 bits per heavy atom. The number of ketones is 2. The van der Waals surface area contributed by atoms with Crippen LogP contribution in [0.15, 0.2) is 23.3 Å². The van der Waals surface area contributed by atoms with E-state index in [9.17, 15) is 9.59 Å². The van der Waals surface area contributed by atoms with Gasteiger partial charge in [-0.05, 0) is 12.8 Å². The van der Waals surface area contributed by atoms with Crippen LogP contribution in [0.25, 0.3) is 0 Å². The molecule has 0 radical (unpaired) electrons. The number of fused-ring (bicyclic) bond motifs is 1.